The number of carbonyl (C=O) groups excluding carboxylic acids is 1. The first-order valence-corrected chi connectivity index (χ1v) is 17.8. The highest BCUT2D eigenvalue weighted by Gasteiger charge is 2.46. The third-order valence-electron chi connectivity index (χ3n) is 10.2. The maximum atomic E-state index is 15.7. The largest absolute Gasteiger partial charge is 0.493 e. The van der Waals surface area contributed by atoms with Crippen molar-refractivity contribution < 1.29 is 31.5 Å². The Morgan fingerprint density at radius 3 is 2.63 bits per heavy atom. The van der Waals surface area contributed by atoms with Gasteiger partial charge in [0.15, 0.2) is 23.9 Å². The lowest BCUT2D eigenvalue weighted by Crippen LogP contribution is -2.22. The summed E-state index contributed by atoms with van der Waals surface area (Å²) in [7, 11) is 1.22. The number of halogens is 4. The molecule has 9 nitrogen and oxygen atoms in total. The van der Waals surface area contributed by atoms with E-state index in [-0.39, 0.29) is 40.5 Å². The number of carbonyl (C=O) groups is 1. The Kier molecular flexibility index (Phi) is 7.75. The lowest BCUT2D eigenvalue weighted by Gasteiger charge is -2.18. The average molecular weight is 727 g/mol. The van der Waals surface area contributed by atoms with Crippen molar-refractivity contribution in [2.24, 2.45) is 0 Å². The number of alkyl halides is 2. The number of benzene rings is 2. The monoisotopic (exact) mass is 726 g/mol. The fraction of sp³-hybridized carbons (Fsp3) is 0.289. The second kappa shape index (κ2) is 12.4. The van der Waals surface area contributed by atoms with Crippen molar-refractivity contribution in [1.29, 1.82) is 0 Å². The zero-order valence-corrected chi connectivity index (χ0v) is 28.7. The number of rotatable bonds is 8. The number of pyridine rings is 2. The van der Waals surface area contributed by atoms with Gasteiger partial charge in [0.25, 0.3) is 5.91 Å². The van der Waals surface area contributed by atoms with Gasteiger partial charge in [0.1, 0.15) is 11.6 Å². The first-order valence-electron chi connectivity index (χ1n) is 16.9. The van der Waals surface area contributed by atoms with Crippen LogP contribution in [0.4, 0.5) is 23.4 Å². The molecule has 1 N–H and O–H groups in total. The molecule has 0 bridgehead atoms. The van der Waals surface area contributed by atoms with E-state index in [1.165, 1.54) is 36.6 Å². The van der Waals surface area contributed by atoms with Gasteiger partial charge in [0, 0.05) is 35.7 Å². The van der Waals surface area contributed by atoms with E-state index < -0.39 is 24.2 Å². The van der Waals surface area contributed by atoms with E-state index in [0.29, 0.717) is 68.8 Å². The molecule has 6 aromatic rings. The molecular weight excluding hydrogens is 697 g/mol. The van der Waals surface area contributed by atoms with Gasteiger partial charge in [-0.3, -0.25) is 9.78 Å². The Balaban J connectivity index is 1.20. The van der Waals surface area contributed by atoms with Crippen LogP contribution in [0.3, 0.4) is 0 Å². The molecule has 52 heavy (non-hydrogen) atoms. The summed E-state index contributed by atoms with van der Waals surface area (Å²) in [6, 6.07) is 11.2. The van der Waals surface area contributed by atoms with E-state index in [2.05, 4.69) is 20.5 Å². The van der Waals surface area contributed by atoms with E-state index in [1.807, 2.05) is 11.0 Å². The van der Waals surface area contributed by atoms with Crippen molar-refractivity contribution in [3.05, 3.63) is 106 Å². The van der Waals surface area contributed by atoms with Gasteiger partial charge in [0.2, 0.25) is 11.8 Å². The molecule has 6 heterocycles. The maximum Gasteiger partial charge on any atom is 0.257 e. The lowest BCUT2D eigenvalue weighted by atomic mass is 9.93. The second-order valence-electron chi connectivity index (χ2n) is 13.2. The van der Waals surface area contributed by atoms with Crippen LogP contribution in [0.1, 0.15) is 75.4 Å². The number of nitrogens with zero attached hydrogens (tertiary/aromatic N) is 5. The maximum absolute atomic E-state index is 15.7. The van der Waals surface area contributed by atoms with Gasteiger partial charge < -0.3 is 19.4 Å². The van der Waals surface area contributed by atoms with Crippen LogP contribution in [0.2, 0.25) is 0 Å². The van der Waals surface area contributed by atoms with Crippen LogP contribution >= 0.6 is 11.3 Å². The van der Waals surface area contributed by atoms with Crippen molar-refractivity contribution in [2.75, 3.05) is 19.0 Å². The number of nitrogens with one attached hydrogen (secondary N) is 1. The smallest absolute Gasteiger partial charge is 0.257 e. The highest BCUT2D eigenvalue weighted by Crippen LogP contribution is 2.52. The summed E-state index contributed by atoms with van der Waals surface area (Å²) in [5.74, 6) is -0.701. The van der Waals surface area contributed by atoms with E-state index in [0.717, 1.165) is 29.9 Å². The molecule has 1 saturated heterocycles. The normalized spacial score (nSPS) is 20.4. The van der Waals surface area contributed by atoms with Crippen LogP contribution in [0, 0.1) is 18.6 Å². The molecule has 3 aliphatic rings. The van der Waals surface area contributed by atoms with Gasteiger partial charge in [0.05, 0.1) is 46.4 Å². The van der Waals surface area contributed by atoms with Gasteiger partial charge in [-0.1, -0.05) is 18.2 Å². The molecule has 4 atom stereocenters. The Hall–Kier alpha value is -5.37. The number of methoxy groups -OCH3 is 1. The third kappa shape index (κ3) is 5.06. The molecule has 264 valence electrons. The summed E-state index contributed by atoms with van der Waals surface area (Å²) < 4.78 is 71.0. The molecule has 2 aromatic carbocycles. The highest BCUT2D eigenvalue weighted by atomic mass is 32.1. The molecule has 2 aliphatic heterocycles. The van der Waals surface area contributed by atoms with Crippen LogP contribution in [-0.2, 0) is 12.8 Å². The van der Waals surface area contributed by atoms with Crippen LogP contribution in [0.5, 0.6) is 5.75 Å². The zero-order valence-electron chi connectivity index (χ0n) is 27.9. The first kappa shape index (κ1) is 32.5. The fourth-order valence-electron chi connectivity index (χ4n) is 7.87. The van der Waals surface area contributed by atoms with Crippen LogP contribution in [-0.4, -0.2) is 50.8 Å². The molecule has 14 heteroatoms. The third-order valence-corrected chi connectivity index (χ3v) is 11.4. The number of aromatic nitrogens is 4. The summed E-state index contributed by atoms with van der Waals surface area (Å²) in [4.78, 5) is 26.4. The van der Waals surface area contributed by atoms with Crippen LogP contribution in [0.15, 0.2) is 59.1 Å². The molecule has 4 aromatic heterocycles. The molecule has 0 radical (unpaired) electrons. The summed E-state index contributed by atoms with van der Waals surface area (Å²) in [5, 5.41) is 12.3. The number of fused-ring (bicyclic) bond motifs is 5. The van der Waals surface area contributed by atoms with Crippen LogP contribution in [0.25, 0.3) is 32.0 Å². The summed E-state index contributed by atoms with van der Waals surface area (Å²) in [5.41, 5.74) is 3.96. The van der Waals surface area contributed by atoms with E-state index in [1.54, 1.807) is 31.3 Å². The van der Waals surface area contributed by atoms with Gasteiger partial charge in [-0.15, -0.1) is 21.5 Å². The fourth-order valence-corrected chi connectivity index (χ4v) is 9.03. The highest BCUT2D eigenvalue weighted by molar-refractivity contribution is 7.23. The van der Waals surface area contributed by atoms with E-state index >= 15 is 8.78 Å². The number of hydrogen-bond donors (Lipinski definition) is 1. The zero-order chi connectivity index (χ0) is 35.8. The van der Waals surface area contributed by atoms with Gasteiger partial charge in [-0.05, 0) is 72.5 Å². The standard InChI is InChI=1S/C38H30F4N6O3S/c1-17-46-47-37(51-17)27-23(12-7-18-5-8-20(39)9-6-18)44-33-24-4-3-15-48(24)38(49)29(33)28(27)25-16-19-13-14-43-36(35(19)52-25)45-32-21-10-11-22(40)34(50-2)26(21)30(41)31(32)42/h5-6,8-11,13-14,16,24,30-32H,3-4,7,12,15H2,1-2H3,(H,43,45)/t24-,30-,31-,32?/m0/s1. The number of amides is 1. The minimum atomic E-state index is -2.11. The Bertz CT molecular complexity index is 2400. The number of anilines is 1. The summed E-state index contributed by atoms with van der Waals surface area (Å²) >= 11 is 1.33. The van der Waals surface area contributed by atoms with E-state index in [9.17, 15) is 13.6 Å². The predicted molar refractivity (Wildman–Crippen MR) is 186 cm³/mol. The minimum absolute atomic E-state index is 0.130. The van der Waals surface area contributed by atoms with Gasteiger partial charge >= 0.3 is 0 Å². The molecule has 0 spiro atoms. The summed E-state index contributed by atoms with van der Waals surface area (Å²) in [6.07, 6.45) is 0.0502. The summed E-state index contributed by atoms with van der Waals surface area (Å²) in [6.45, 7) is 2.30. The molecular formula is C38H30F4N6O3S. The van der Waals surface area contributed by atoms with Crippen LogP contribution < -0.4 is 10.1 Å². The molecule has 1 amide bonds. The Morgan fingerprint density at radius 1 is 1.04 bits per heavy atom. The predicted octanol–water partition coefficient (Wildman–Crippen LogP) is 8.59. The number of ether oxygens (including phenoxy) is 1. The van der Waals surface area contributed by atoms with Gasteiger partial charge in [-0.25, -0.2) is 22.5 Å². The molecule has 1 fully saturated rings. The van der Waals surface area contributed by atoms with Crippen molar-refractivity contribution in [3.8, 4) is 27.6 Å². The average Bonchev–Trinajstić information content (AvgIpc) is 3.97. The van der Waals surface area contributed by atoms with Crippen molar-refractivity contribution >= 4 is 33.1 Å². The lowest BCUT2D eigenvalue weighted by molar-refractivity contribution is 0.0776. The molecule has 9 rings (SSSR count). The number of aryl methyl sites for hydroxylation is 3. The second-order valence-corrected chi connectivity index (χ2v) is 14.3. The number of hydrogen-bond acceptors (Lipinski definition) is 9. The molecule has 1 unspecified atom stereocenters. The van der Waals surface area contributed by atoms with Crippen molar-refractivity contribution in [2.45, 2.75) is 57.0 Å². The quantitative estimate of drug-likeness (QED) is 0.156. The number of thiophene rings is 1. The molecule has 0 saturated carbocycles. The first-order chi connectivity index (χ1) is 25.2. The minimum Gasteiger partial charge on any atom is -0.493 e. The van der Waals surface area contributed by atoms with Gasteiger partial charge in [-0.2, -0.15) is 0 Å². The molecule has 1 aliphatic carbocycles. The van der Waals surface area contributed by atoms with Crippen molar-refractivity contribution in [3.63, 3.8) is 0 Å². The van der Waals surface area contributed by atoms with E-state index in [4.69, 9.17) is 14.1 Å². The topological polar surface area (TPSA) is 106 Å². The van der Waals surface area contributed by atoms with Crippen molar-refractivity contribution in [1.82, 2.24) is 25.1 Å². The SMILES string of the molecule is COc1c(F)ccc2c1[C@H](F)[C@H](F)C2Nc1nccc2cc(-c3c4c(nc(CCc5ccc(F)cc5)c3-c3nnc(C)o3)[C@@H]3CCCN3C4=O)sc12. The Labute approximate surface area is 298 Å². The Morgan fingerprint density at radius 2 is 1.87 bits per heavy atom.